The summed E-state index contributed by atoms with van der Waals surface area (Å²) in [5, 5.41) is 0. The molecule has 2 aliphatic heterocycles. The van der Waals surface area contributed by atoms with Crippen molar-refractivity contribution >= 4 is 39.9 Å². The summed E-state index contributed by atoms with van der Waals surface area (Å²) in [6.07, 6.45) is 0. The first-order chi connectivity index (χ1) is 37.3. The fraction of sp³-hybridized carbons (Fsp3) is 0.970. The van der Waals surface area contributed by atoms with Crippen LogP contribution in [0.1, 0.15) is 291 Å². The van der Waals surface area contributed by atoms with Crippen molar-refractivity contribution in [2.75, 3.05) is 60.4 Å². The smallest absolute Gasteiger partial charge is 0.328 e. The number of piperazine rings is 2. The first-order valence-corrected chi connectivity index (χ1v) is 36.0. The average molecular weight is 1330 g/mol. The molecule has 536 valence electrons. The minimum absolute atomic E-state index is 0.276. The normalized spacial score (nSPS) is 16.6. The molecule has 0 radical (unpaired) electrons. The van der Waals surface area contributed by atoms with Crippen LogP contribution in [-0.4, -0.2) is 198 Å². The molecule has 0 spiro atoms. The van der Waals surface area contributed by atoms with Crippen LogP contribution in [0.3, 0.4) is 0 Å². The average Bonchev–Trinajstić information content (AvgIpc) is 3.15. The molecule has 0 bridgehead atoms. The van der Waals surface area contributed by atoms with Crippen LogP contribution in [0.25, 0.3) is 0 Å². The van der Waals surface area contributed by atoms with Crippen LogP contribution < -0.4 is 0 Å². The van der Waals surface area contributed by atoms with Crippen molar-refractivity contribution in [2.45, 2.75) is 361 Å². The molecule has 0 aromatic heterocycles. The highest BCUT2D eigenvalue weighted by atomic mass is 32.3. The summed E-state index contributed by atoms with van der Waals surface area (Å²) < 4.78 is 76.4. The van der Waals surface area contributed by atoms with E-state index in [-0.39, 0.29) is 34.0 Å². The van der Waals surface area contributed by atoms with Crippen LogP contribution in [0, 0.1) is 5.92 Å². The van der Waals surface area contributed by atoms with E-state index in [1.54, 1.807) is 92.9 Å². The number of rotatable bonds is 3. The number of amides is 2. The highest BCUT2D eigenvalue weighted by Crippen LogP contribution is 2.50. The van der Waals surface area contributed by atoms with Gasteiger partial charge in [0.25, 0.3) is 0 Å². The first-order valence-electron chi connectivity index (χ1n) is 31.6. The zero-order valence-corrected chi connectivity index (χ0v) is 68.8. The molecule has 2 rings (SSSR count). The summed E-state index contributed by atoms with van der Waals surface area (Å²) in [6.45, 7) is 90.4. The van der Waals surface area contributed by atoms with Crippen molar-refractivity contribution in [2.24, 2.45) is 5.92 Å². The lowest BCUT2D eigenvalue weighted by atomic mass is 9.93. The summed E-state index contributed by atoms with van der Waals surface area (Å²) in [4.78, 5) is 44.1. The lowest BCUT2D eigenvalue weighted by Crippen LogP contribution is -2.64. The number of hydrogen-bond acceptors (Lipinski definition) is 13. The molecule has 0 aromatic rings. The molecular weight excluding hydrogens is 1180 g/mol. The molecule has 0 saturated carbocycles. The predicted octanol–water partition coefficient (Wildman–Crippen LogP) is 15.6. The van der Waals surface area contributed by atoms with Gasteiger partial charge in [-0.2, -0.15) is 8.42 Å². The molecule has 88 heavy (non-hydrogen) atoms. The minimum atomic E-state index is -4.28. The number of nitrogens with zero attached hydrogens (tertiary/aromatic N) is 6. The summed E-state index contributed by atoms with van der Waals surface area (Å²) in [6, 6.07) is 0. The standard InChI is InChI=1S/C12H22N2O2.C12H26N2.C10H24N.C9H21N.C8H19O4P.C8H18O2S.C4H10O4S.C4H10/c1-11(2,3)13-7-8-14(12(4,5)6)10(16)9(13)15;1-11(2,3)13-7-9-14(10-8-13)12(4,5)6;1-9(2,3)11(7,8)10(4,5)6;1-8(2,3)10(7)9(4,5)6;1-7(2,3)11-13(9,10)12-8(4,5)6;1-7(2,3)11(9,10)8(4,5)6;1-4(2,3)8-9(5,6)7;1-4(2)3/h7-8H2,1-6H3;7-10H2,1-6H3;1-8H3;1-7H3;1-6H3,(H,9,10);1-6H3;1-3H3,(H,5,6,7);4H,1-3H3/q;;+1;;;;;. The van der Waals surface area contributed by atoms with E-state index < -0.39 is 54.4 Å². The third kappa shape index (κ3) is 44.3. The molecule has 18 nitrogen and oxygen atoms in total. The fourth-order valence-electron chi connectivity index (χ4n) is 7.92. The summed E-state index contributed by atoms with van der Waals surface area (Å²) >= 11 is 0. The van der Waals surface area contributed by atoms with Gasteiger partial charge in [-0.3, -0.25) is 37.9 Å². The zero-order chi connectivity index (χ0) is 73.5. The maximum Gasteiger partial charge on any atom is 0.473 e. The molecule has 0 aliphatic carbocycles. The molecule has 21 heteroatoms. The van der Waals surface area contributed by atoms with E-state index in [4.69, 9.17) is 13.6 Å². The van der Waals surface area contributed by atoms with Gasteiger partial charge in [-0.1, -0.05) is 20.8 Å². The molecule has 2 saturated heterocycles. The third-order valence-electron chi connectivity index (χ3n) is 14.1. The van der Waals surface area contributed by atoms with Gasteiger partial charge in [0, 0.05) is 72.5 Å². The van der Waals surface area contributed by atoms with Gasteiger partial charge in [-0.15, -0.1) is 0 Å². The fourth-order valence-corrected chi connectivity index (χ4v) is 11.8. The highest BCUT2D eigenvalue weighted by Gasteiger charge is 2.44. The monoisotopic (exact) mass is 1330 g/mol. The van der Waals surface area contributed by atoms with Crippen LogP contribution in [-0.2, 0) is 47.6 Å². The number of quaternary nitrogens is 1. The lowest BCUT2D eigenvalue weighted by Gasteiger charge is -2.51. The number of sulfone groups is 1. The Balaban J connectivity index is -0.000000222. The van der Waals surface area contributed by atoms with Gasteiger partial charge < -0.3 is 19.2 Å². The SMILES string of the molecule is CC(C)(C)N1CCN(C(C)(C)C)C(=O)C1=O.CC(C)(C)N1CCN(C(C)(C)C)CC1.CC(C)(C)OP(=O)(O)OC(C)(C)C.CC(C)(C)OS(=O)(=O)O.CC(C)(C)S(=O)(=O)C(C)(C)C.CC(C)(C)[N+](C)(C)C(C)(C)C.CC(C)C.CN(C(C)(C)C)C(C)(C)C. The van der Waals surface area contributed by atoms with Crippen molar-refractivity contribution in [1.29, 1.82) is 0 Å². The number of phosphoric acid groups is 1. The molecule has 2 N–H and O–H groups in total. The van der Waals surface area contributed by atoms with Crippen LogP contribution >= 0.6 is 7.82 Å². The van der Waals surface area contributed by atoms with Crippen molar-refractivity contribution in [3.05, 3.63) is 0 Å². The number of phosphoric ester groups is 1. The Morgan fingerprint density at radius 1 is 0.443 bits per heavy atom. The molecule has 0 atom stereocenters. The molecule has 0 aromatic carbocycles. The van der Waals surface area contributed by atoms with Gasteiger partial charge in [0.05, 0.1) is 51.5 Å². The van der Waals surface area contributed by atoms with Crippen LogP contribution in [0.15, 0.2) is 0 Å². The van der Waals surface area contributed by atoms with Gasteiger partial charge in [-0.25, -0.2) is 17.2 Å². The van der Waals surface area contributed by atoms with E-state index in [1.807, 2.05) is 41.5 Å². The Morgan fingerprint density at radius 3 is 0.739 bits per heavy atom. The van der Waals surface area contributed by atoms with Gasteiger partial charge in [0.15, 0.2) is 9.84 Å². The Labute approximate surface area is 547 Å². The van der Waals surface area contributed by atoms with Gasteiger partial charge in [0.2, 0.25) is 0 Å². The maximum absolute atomic E-state index is 12.0. The van der Waals surface area contributed by atoms with E-state index in [2.05, 4.69) is 185 Å². The van der Waals surface area contributed by atoms with Gasteiger partial charge >= 0.3 is 30.0 Å². The van der Waals surface area contributed by atoms with Crippen LogP contribution in [0.5, 0.6) is 0 Å². The number of carbonyl (C=O) groups is 2. The number of carbonyl (C=O) groups excluding carboxylic acids is 2. The molecule has 2 amide bonds. The summed E-state index contributed by atoms with van der Waals surface area (Å²) in [7, 11) is -4.48. The second-order valence-corrected chi connectivity index (χ2v) is 43.0. The Kier molecular flexibility index (Phi) is 38.2. The highest BCUT2D eigenvalue weighted by molar-refractivity contribution is 7.94. The summed E-state index contributed by atoms with van der Waals surface area (Å²) in [5.74, 6) is 0.0716. The molecule has 2 heterocycles. The first kappa shape index (κ1) is 97.8. The quantitative estimate of drug-likeness (QED) is 0.117. The van der Waals surface area contributed by atoms with E-state index in [9.17, 15) is 35.9 Å². The zero-order valence-electron chi connectivity index (χ0n) is 66.2. The predicted molar refractivity (Wildman–Crippen MR) is 377 cm³/mol. The molecular formula is C67H150N6O12PS2+. The van der Waals surface area contributed by atoms with E-state index in [0.717, 1.165) is 10.4 Å². The second kappa shape index (κ2) is 34.4. The molecule has 0 unspecified atom stereocenters. The Hall–Kier alpha value is -1.29. The lowest BCUT2D eigenvalue weighted by molar-refractivity contribution is -0.977. The van der Waals surface area contributed by atoms with E-state index >= 15 is 0 Å². The maximum atomic E-state index is 12.0. The second-order valence-electron chi connectivity index (χ2n) is 37.2. The topological polar surface area (TPSA) is 204 Å². The molecule has 2 aliphatic rings. The van der Waals surface area contributed by atoms with Crippen molar-refractivity contribution in [1.82, 2.24) is 24.5 Å². The van der Waals surface area contributed by atoms with Crippen LogP contribution in [0.4, 0.5) is 0 Å². The van der Waals surface area contributed by atoms with Gasteiger partial charge in [0.1, 0.15) is 0 Å². The Bertz CT molecular complexity index is 2170. The van der Waals surface area contributed by atoms with Gasteiger partial charge in [-0.05, 0) is 283 Å². The van der Waals surface area contributed by atoms with Crippen molar-refractivity contribution in [3.63, 3.8) is 0 Å². The molecule has 2 fully saturated rings. The Morgan fingerprint density at radius 2 is 0.659 bits per heavy atom. The largest absolute Gasteiger partial charge is 0.473 e. The minimum Gasteiger partial charge on any atom is -0.328 e. The van der Waals surface area contributed by atoms with E-state index in [0.29, 0.717) is 35.2 Å². The third-order valence-corrected chi connectivity index (χ3v) is 19.6. The number of hydrogen-bond donors (Lipinski definition) is 2. The van der Waals surface area contributed by atoms with Crippen LogP contribution in [0.2, 0.25) is 0 Å². The van der Waals surface area contributed by atoms with Crippen molar-refractivity contribution in [3.8, 4) is 0 Å². The van der Waals surface area contributed by atoms with E-state index in [1.165, 1.54) is 47.0 Å². The van der Waals surface area contributed by atoms with Crippen molar-refractivity contribution < 1.29 is 58.1 Å². The summed E-state index contributed by atoms with van der Waals surface area (Å²) in [5.41, 5.74) is -0.924.